The standard InChI is InChI=1S/C13H15N3S/c14-13-15-12(9-17-13)5-6-16-7-10-3-1-2-4-11(10)8-16/h1-4,9H,5-8H2,(H2,14,15). The molecule has 2 N–H and O–H groups in total. The lowest BCUT2D eigenvalue weighted by molar-refractivity contribution is 0.287. The van der Waals surface area contributed by atoms with Gasteiger partial charge in [-0.15, -0.1) is 11.3 Å². The molecule has 17 heavy (non-hydrogen) atoms. The summed E-state index contributed by atoms with van der Waals surface area (Å²) in [6.45, 7) is 3.18. The van der Waals surface area contributed by atoms with E-state index < -0.39 is 0 Å². The van der Waals surface area contributed by atoms with Gasteiger partial charge >= 0.3 is 0 Å². The number of nitrogens with zero attached hydrogens (tertiary/aromatic N) is 2. The monoisotopic (exact) mass is 245 g/mol. The molecule has 0 aliphatic carbocycles. The zero-order valence-electron chi connectivity index (χ0n) is 9.60. The zero-order valence-corrected chi connectivity index (χ0v) is 10.4. The number of hydrogen-bond acceptors (Lipinski definition) is 4. The van der Waals surface area contributed by atoms with Crippen LogP contribution in [-0.4, -0.2) is 16.4 Å². The Kier molecular flexibility index (Phi) is 2.82. The Bertz CT molecular complexity index is 496. The van der Waals surface area contributed by atoms with Crippen molar-refractivity contribution in [2.45, 2.75) is 19.5 Å². The maximum Gasteiger partial charge on any atom is 0.180 e. The van der Waals surface area contributed by atoms with Crippen LogP contribution in [0.5, 0.6) is 0 Å². The highest BCUT2D eigenvalue weighted by molar-refractivity contribution is 7.13. The first-order chi connectivity index (χ1) is 8.31. The summed E-state index contributed by atoms with van der Waals surface area (Å²) >= 11 is 1.52. The van der Waals surface area contributed by atoms with Gasteiger partial charge in [-0.25, -0.2) is 4.98 Å². The number of hydrogen-bond donors (Lipinski definition) is 1. The van der Waals surface area contributed by atoms with Crippen LogP contribution in [0, 0.1) is 0 Å². The van der Waals surface area contributed by atoms with Gasteiger partial charge in [0.15, 0.2) is 5.13 Å². The Morgan fingerprint density at radius 1 is 1.24 bits per heavy atom. The van der Waals surface area contributed by atoms with Gasteiger partial charge in [0, 0.05) is 31.4 Å². The van der Waals surface area contributed by atoms with Crippen molar-refractivity contribution in [1.82, 2.24) is 9.88 Å². The fourth-order valence-corrected chi connectivity index (χ4v) is 2.87. The average Bonchev–Trinajstić information content (AvgIpc) is 2.91. The Morgan fingerprint density at radius 3 is 2.53 bits per heavy atom. The minimum absolute atomic E-state index is 0.671. The molecule has 0 atom stereocenters. The maximum atomic E-state index is 5.63. The molecule has 3 nitrogen and oxygen atoms in total. The van der Waals surface area contributed by atoms with Crippen molar-refractivity contribution in [3.63, 3.8) is 0 Å². The van der Waals surface area contributed by atoms with Crippen molar-refractivity contribution >= 4 is 16.5 Å². The lowest BCUT2D eigenvalue weighted by Crippen LogP contribution is -2.19. The van der Waals surface area contributed by atoms with Crippen LogP contribution in [0.2, 0.25) is 0 Å². The van der Waals surface area contributed by atoms with Crippen LogP contribution in [0.4, 0.5) is 5.13 Å². The average molecular weight is 245 g/mol. The van der Waals surface area contributed by atoms with Crippen LogP contribution in [0.25, 0.3) is 0 Å². The smallest absolute Gasteiger partial charge is 0.180 e. The first kappa shape index (κ1) is 10.7. The summed E-state index contributed by atoms with van der Waals surface area (Å²) in [7, 11) is 0. The van der Waals surface area contributed by atoms with E-state index >= 15 is 0 Å². The molecule has 2 heterocycles. The molecule has 3 rings (SSSR count). The molecule has 1 aromatic heterocycles. The third-order valence-electron chi connectivity index (χ3n) is 3.16. The van der Waals surface area contributed by atoms with Gasteiger partial charge in [0.05, 0.1) is 5.69 Å². The second-order valence-electron chi connectivity index (χ2n) is 4.41. The van der Waals surface area contributed by atoms with Gasteiger partial charge in [0.1, 0.15) is 0 Å². The second-order valence-corrected chi connectivity index (χ2v) is 5.30. The van der Waals surface area contributed by atoms with Crippen molar-refractivity contribution in [3.8, 4) is 0 Å². The van der Waals surface area contributed by atoms with Gasteiger partial charge in [-0.05, 0) is 11.1 Å². The van der Waals surface area contributed by atoms with Crippen LogP contribution >= 0.6 is 11.3 Å². The molecule has 0 amide bonds. The first-order valence-electron chi connectivity index (χ1n) is 5.80. The molecule has 0 unspecified atom stereocenters. The van der Waals surface area contributed by atoms with E-state index in [-0.39, 0.29) is 0 Å². The fourth-order valence-electron chi connectivity index (χ4n) is 2.27. The Labute approximate surface area is 105 Å². The van der Waals surface area contributed by atoms with Crippen LogP contribution in [0.1, 0.15) is 16.8 Å². The van der Waals surface area contributed by atoms with Gasteiger partial charge < -0.3 is 5.73 Å². The predicted molar refractivity (Wildman–Crippen MR) is 70.8 cm³/mol. The highest BCUT2D eigenvalue weighted by Gasteiger charge is 2.17. The van der Waals surface area contributed by atoms with Crippen molar-refractivity contribution in [1.29, 1.82) is 0 Å². The zero-order chi connectivity index (χ0) is 11.7. The summed E-state index contributed by atoms with van der Waals surface area (Å²) in [5.74, 6) is 0. The number of aromatic nitrogens is 1. The molecule has 1 aromatic carbocycles. The van der Waals surface area contributed by atoms with Crippen molar-refractivity contribution in [3.05, 3.63) is 46.5 Å². The number of thiazole rings is 1. The SMILES string of the molecule is Nc1nc(CCN2Cc3ccccc3C2)cs1. The molecule has 0 bridgehead atoms. The van der Waals surface area contributed by atoms with Gasteiger partial charge in [-0.1, -0.05) is 24.3 Å². The van der Waals surface area contributed by atoms with E-state index in [1.165, 1.54) is 22.5 Å². The van der Waals surface area contributed by atoms with E-state index in [1.807, 2.05) is 0 Å². The second kappa shape index (κ2) is 4.47. The number of rotatable bonds is 3. The van der Waals surface area contributed by atoms with Gasteiger partial charge in [-0.3, -0.25) is 4.90 Å². The minimum atomic E-state index is 0.671. The highest BCUT2D eigenvalue weighted by atomic mass is 32.1. The number of fused-ring (bicyclic) bond motifs is 1. The summed E-state index contributed by atoms with van der Waals surface area (Å²) < 4.78 is 0. The third kappa shape index (κ3) is 2.33. The molecule has 0 saturated heterocycles. The quantitative estimate of drug-likeness (QED) is 0.902. The summed E-state index contributed by atoms with van der Waals surface area (Å²) in [6.07, 6.45) is 0.988. The third-order valence-corrected chi connectivity index (χ3v) is 3.88. The number of anilines is 1. The van der Waals surface area contributed by atoms with Crippen molar-refractivity contribution in [2.24, 2.45) is 0 Å². The van der Waals surface area contributed by atoms with Gasteiger partial charge in [0.2, 0.25) is 0 Å². The molecular weight excluding hydrogens is 230 g/mol. The van der Waals surface area contributed by atoms with Gasteiger partial charge in [0.25, 0.3) is 0 Å². The van der Waals surface area contributed by atoms with E-state index in [9.17, 15) is 0 Å². The molecule has 0 radical (unpaired) electrons. The van der Waals surface area contributed by atoms with Crippen molar-refractivity contribution in [2.75, 3.05) is 12.3 Å². The molecule has 1 aliphatic heterocycles. The first-order valence-corrected chi connectivity index (χ1v) is 6.68. The Hall–Kier alpha value is -1.39. The van der Waals surface area contributed by atoms with E-state index in [4.69, 9.17) is 5.73 Å². The molecule has 1 aliphatic rings. The molecule has 4 heteroatoms. The molecule has 0 fully saturated rings. The lowest BCUT2D eigenvalue weighted by atomic mass is 10.1. The Morgan fingerprint density at radius 2 is 1.94 bits per heavy atom. The fraction of sp³-hybridized carbons (Fsp3) is 0.308. The predicted octanol–water partition coefficient (Wildman–Crippen LogP) is 2.28. The highest BCUT2D eigenvalue weighted by Crippen LogP contribution is 2.22. The Balaban J connectivity index is 1.59. The number of nitrogen functional groups attached to an aromatic ring is 1. The van der Waals surface area contributed by atoms with E-state index in [0.717, 1.165) is 31.7 Å². The molecule has 0 spiro atoms. The minimum Gasteiger partial charge on any atom is -0.375 e. The maximum absolute atomic E-state index is 5.63. The summed E-state index contributed by atoms with van der Waals surface area (Å²) in [5, 5.41) is 2.73. The molecule has 2 aromatic rings. The lowest BCUT2D eigenvalue weighted by Gasteiger charge is -2.13. The normalized spacial score (nSPS) is 15.1. The molecule has 88 valence electrons. The number of nitrogens with two attached hydrogens (primary N) is 1. The largest absolute Gasteiger partial charge is 0.375 e. The molecular formula is C13H15N3S. The van der Waals surface area contributed by atoms with Crippen LogP contribution in [0.15, 0.2) is 29.6 Å². The van der Waals surface area contributed by atoms with Crippen LogP contribution in [-0.2, 0) is 19.5 Å². The van der Waals surface area contributed by atoms with E-state index in [1.54, 1.807) is 0 Å². The molecule has 0 saturated carbocycles. The van der Waals surface area contributed by atoms with Crippen LogP contribution in [0.3, 0.4) is 0 Å². The summed E-state index contributed by atoms with van der Waals surface area (Å²) in [6, 6.07) is 8.67. The topological polar surface area (TPSA) is 42.1 Å². The van der Waals surface area contributed by atoms with Gasteiger partial charge in [-0.2, -0.15) is 0 Å². The summed E-state index contributed by atoms with van der Waals surface area (Å²) in [5.41, 5.74) is 9.67. The van der Waals surface area contributed by atoms with E-state index in [0.29, 0.717) is 5.13 Å². The van der Waals surface area contributed by atoms with Crippen molar-refractivity contribution < 1.29 is 0 Å². The van der Waals surface area contributed by atoms with Crippen LogP contribution < -0.4 is 5.73 Å². The summed E-state index contributed by atoms with van der Waals surface area (Å²) in [4.78, 5) is 6.75. The van der Waals surface area contributed by atoms with E-state index in [2.05, 4.69) is 39.5 Å². The number of benzene rings is 1.